The fraction of sp³-hybridized carbons (Fsp3) is 0.250. The SMILES string of the molecule is CN(C)S(=N)(=O)c1cccc(N)c1. The summed E-state index contributed by atoms with van der Waals surface area (Å²) >= 11 is 0. The Bertz CT molecular complexity index is 398. The van der Waals surface area contributed by atoms with Crippen LogP contribution in [0.3, 0.4) is 0 Å². The van der Waals surface area contributed by atoms with Crippen LogP contribution in [-0.2, 0) is 9.92 Å². The minimum absolute atomic E-state index is 0.442. The van der Waals surface area contributed by atoms with E-state index < -0.39 is 9.92 Å². The molecule has 1 aromatic carbocycles. The van der Waals surface area contributed by atoms with Crippen molar-refractivity contribution in [3.63, 3.8) is 0 Å². The van der Waals surface area contributed by atoms with Crippen LogP contribution in [0, 0.1) is 4.78 Å². The molecule has 1 rings (SSSR count). The average Bonchev–Trinajstić information content (AvgIpc) is 2.04. The van der Waals surface area contributed by atoms with Gasteiger partial charge in [0.25, 0.3) is 0 Å². The summed E-state index contributed by atoms with van der Waals surface area (Å²) in [6.07, 6.45) is 0. The largest absolute Gasteiger partial charge is 0.399 e. The van der Waals surface area contributed by atoms with Crippen molar-refractivity contribution in [1.29, 1.82) is 4.78 Å². The second-order valence-corrected chi connectivity index (χ2v) is 5.16. The first-order valence-electron chi connectivity index (χ1n) is 3.76. The van der Waals surface area contributed by atoms with E-state index >= 15 is 0 Å². The van der Waals surface area contributed by atoms with Gasteiger partial charge in [-0.2, -0.15) is 0 Å². The molecule has 1 atom stereocenters. The van der Waals surface area contributed by atoms with Crippen LogP contribution in [0.1, 0.15) is 0 Å². The van der Waals surface area contributed by atoms with Crippen molar-refractivity contribution >= 4 is 15.6 Å². The number of nitrogens with one attached hydrogen (secondary N) is 1. The fourth-order valence-corrected chi connectivity index (χ4v) is 1.88. The lowest BCUT2D eigenvalue weighted by atomic mass is 10.3. The zero-order valence-electron chi connectivity index (χ0n) is 7.65. The predicted octanol–water partition coefficient (Wildman–Crippen LogP) is 1.15. The maximum atomic E-state index is 11.8. The van der Waals surface area contributed by atoms with E-state index in [9.17, 15) is 4.21 Å². The summed E-state index contributed by atoms with van der Waals surface area (Å²) in [5, 5.41) is 0. The Morgan fingerprint density at radius 3 is 2.54 bits per heavy atom. The van der Waals surface area contributed by atoms with E-state index in [4.69, 9.17) is 10.5 Å². The number of anilines is 1. The van der Waals surface area contributed by atoms with Gasteiger partial charge >= 0.3 is 0 Å². The van der Waals surface area contributed by atoms with Gasteiger partial charge < -0.3 is 5.73 Å². The van der Waals surface area contributed by atoms with Gasteiger partial charge in [0.2, 0.25) is 0 Å². The molecule has 0 aromatic heterocycles. The quantitative estimate of drug-likeness (QED) is 0.701. The topological polar surface area (TPSA) is 70.2 Å². The molecule has 0 saturated heterocycles. The lowest BCUT2D eigenvalue weighted by molar-refractivity contribution is 0.589. The molecule has 0 spiro atoms. The molecule has 0 amide bonds. The minimum Gasteiger partial charge on any atom is -0.399 e. The third-order valence-electron chi connectivity index (χ3n) is 1.69. The minimum atomic E-state index is -2.85. The van der Waals surface area contributed by atoms with Crippen molar-refractivity contribution in [3.8, 4) is 0 Å². The molecule has 0 aliphatic carbocycles. The molecule has 0 radical (unpaired) electrons. The van der Waals surface area contributed by atoms with Gasteiger partial charge in [-0.25, -0.2) is 13.3 Å². The molecule has 72 valence electrons. The van der Waals surface area contributed by atoms with Crippen LogP contribution in [0.25, 0.3) is 0 Å². The van der Waals surface area contributed by atoms with Crippen molar-refractivity contribution < 1.29 is 4.21 Å². The summed E-state index contributed by atoms with van der Waals surface area (Å²) in [7, 11) is 0.373. The average molecular weight is 199 g/mol. The summed E-state index contributed by atoms with van der Waals surface area (Å²) in [5.41, 5.74) is 6.06. The van der Waals surface area contributed by atoms with E-state index in [2.05, 4.69) is 0 Å². The molecule has 0 aliphatic rings. The number of nitrogens with zero attached hydrogens (tertiary/aromatic N) is 1. The summed E-state index contributed by atoms with van der Waals surface area (Å²) in [6, 6.07) is 6.61. The van der Waals surface area contributed by atoms with E-state index in [-0.39, 0.29) is 0 Å². The van der Waals surface area contributed by atoms with Crippen molar-refractivity contribution in [2.75, 3.05) is 19.8 Å². The summed E-state index contributed by atoms with van der Waals surface area (Å²) in [4.78, 5) is 0.442. The lowest BCUT2D eigenvalue weighted by Gasteiger charge is -2.14. The highest BCUT2D eigenvalue weighted by Crippen LogP contribution is 2.16. The van der Waals surface area contributed by atoms with E-state index in [1.54, 1.807) is 38.4 Å². The number of nitrogens with two attached hydrogens (primary N) is 1. The molecule has 0 saturated carbocycles. The Morgan fingerprint density at radius 1 is 1.46 bits per heavy atom. The molecule has 0 bridgehead atoms. The summed E-state index contributed by atoms with van der Waals surface area (Å²) in [5.74, 6) is 0. The molecule has 4 nitrogen and oxygen atoms in total. The Morgan fingerprint density at radius 2 is 2.08 bits per heavy atom. The number of nitrogen functional groups attached to an aromatic ring is 1. The molecule has 1 unspecified atom stereocenters. The lowest BCUT2D eigenvalue weighted by Crippen LogP contribution is -2.20. The molecule has 1 aromatic rings. The number of rotatable bonds is 2. The Kier molecular flexibility index (Phi) is 2.58. The molecule has 0 aliphatic heterocycles. The van der Waals surface area contributed by atoms with Gasteiger partial charge in [-0.05, 0) is 18.2 Å². The maximum absolute atomic E-state index is 11.8. The second kappa shape index (κ2) is 3.35. The summed E-state index contributed by atoms with van der Waals surface area (Å²) in [6.45, 7) is 0. The highest BCUT2D eigenvalue weighted by atomic mass is 32.2. The molecule has 13 heavy (non-hydrogen) atoms. The van der Waals surface area contributed by atoms with Crippen LogP contribution in [0.4, 0.5) is 5.69 Å². The second-order valence-electron chi connectivity index (χ2n) is 2.91. The van der Waals surface area contributed by atoms with Crippen molar-refractivity contribution in [2.24, 2.45) is 0 Å². The van der Waals surface area contributed by atoms with Gasteiger partial charge in [-0.1, -0.05) is 6.07 Å². The van der Waals surface area contributed by atoms with Gasteiger partial charge in [0, 0.05) is 19.8 Å². The van der Waals surface area contributed by atoms with Crippen molar-refractivity contribution in [1.82, 2.24) is 4.31 Å². The standard InChI is InChI=1S/C8H13N3OS/c1-11(2)13(10,12)8-5-3-4-7(9)6-8/h3-6,10H,9H2,1-2H3. The molecular formula is C8H13N3OS. The van der Waals surface area contributed by atoms with Gasteiger partial charge in [0.1, 0.15) is 9.92 Å². The van der Waals surface area contributed by atoms with Crippen LogP contribution in [0.2, 0.25) is 0 Å². The Hall–Kier alpha value is -1.07. The summed E-state index contributed by atoms with van der Waals surface area (Å²) < 4.78 is 20.8. The maximum Gasteiger partial charge on any atom is 0.136 e. The number of hydrogen-bond donors (Lipinski definition) is 2. The molecule has 3 N–H and O–H groups in total. The van der Waals surface area contributed by atoms with Gasteiger partial charge in [-0.3, -0.25) is 0 Å². The zero-order chi connectivity index (χ0) is 10.1. The van der Waals surface area contributed by atoms with Crippen LogP contribution in [0.5, 0.6) is 0 Å². The number of hydrogen-bond acceptors (Lipinski definition) is 3. The first-order valence-corrected chi connectivity index (χ1v) is 5.28. The first-order chi connectivity index (χ1) is 5.94. The highest BCUT2D eigenvalue weighted by molar-refractivity contribution is 7.90. The fourth-order valence-electron chi connectivity index (χ4n) is 0.897. The Balaban J connectivity index is 3.24. The molecule has 0 heterocycles. The highest BCUT2D eigenvalue weighted by Gasteiger charge is 2.12. The smallest absolute Gasteiger partial charge is 0.136 e. The van der Waals surface area contributed by atoms with E-state index in [0.29, 0.717) is 10.6 Å². The van der Waals surface area contributed by atoms with Crippen LogP contribution in [-0.4, -0.2) is 22.6 Å². The van der Waals surface area contributed by atoms with E-state index in [1.807, 2.05) is 0 Å². The monoisotopic (exact) mass is 199 g/mol. The normalized spacial score (nSPS) is 15.6. The Labute approximate surface area is 78.5 Å². The number of benzene rings is 1. The predicted molar refractivity (Wildman–Crippen MR) is 53.7 cm³/mol. The van der Waals surface area contributed by atoms with Crippen LogP contribution in [0.15, 0.2) is 29.2 Å². The third-order valence-corrected chi connectivity index (χ3v) is 3.61. The van der Waals surface area contributed by atoms with Gasteiger partial charge in [-0.15, -0.1) is 0 Å². The van der Waals surface area contributed by atoms with Gasteiger partial charge in [0.05, 0.1) is 4.90 Å². The zero-order valence-corrected chi connectivity index (χ0v) is 8.47. The van der Waals surface area contributed by atoms with Crippen LogP contribution < -0.4 is 5.73 Å². The molecule has 5 heteroatoms. The third kappa shape index (κ3) is 1.99. The molecule has 0 fully saturated rings. The first kappa shape index (κ1) is 10.0. The van der Waals surface area contributed by atoms with Crippen molar-refractivity contribution in [2.45, 2.75) is 4.90 Å². The van der Waals surface area contributed by atoms with Crippen molar-refractivity contribution in [3.05, 3.63) is 24.3 Å². The molecular weight excluding hydrogens is 186 g/mol. The van der Waals surface area contributed by atoms with E-state index in [0.717, 1.165) is 0 Å². The van der Waals surface area contributed by atoms with Gasteiger partial charge in [0.15, 0.2) is 0 Å². The van der Waals surface area contributed by atoms with E-state index in [1.165, 1.54) is 4.31 Å². The van der Waals surface area contributed by atoms with Crippen LogP contribution >= 0.6 is 0 Å².